The number of amides is 4. The molecule has 0 saturated heterocycles. The molecule has 0 unspecified atom stereocenters. The van der Waals surface area contributed by atoms with Crippen LogP contribution in [0.5, 0.6) is 0 Å². The molecule has 1 aliphatic rings. The lowest BCUT2D eigenvalue weighted by Crippen LogP contribution is -2.55. The van der Waals surface area contributed by atoms with Crippen molar-refractivity contribution in [1.29, 1.82) is 0 Å². The average molecular weight is 603 g/mol. The van der Waals surface area contributed by atoms with Gasteiger partial charge in [0.25, 0.3) is 0 Å². The molecule has 10 nitrogen and oxygen atoms in total. The molecule has 1 heterocycles. The molecule has 3 rings (SSSR count). The van der Waals surface area contributed by atoms with E-state index in [1.807, 2.05) is 36.6 Å². The molecule has 1 saturated carbocycles. The van der Waals surface area contributed by atoms with E-state index in [-0.39, 0.29) is 18.7 Å². The second-order valence-electron chi connectivity index (χ2n) is 11.2. The van der Waals surface area contributed by atoms with Crippen LogP contribution in [0, 0.1) is 11.8 Å². The fourth-order valence-corrected chi connectivity index (χ4v) is 6.59. The van der Waals surface area contributed by atoms with Crippen molar-refractivity contribution in [3.8, 4) is 0 Å². The number of nitrogens with one attached hydrogen (secondary N) is 4. The summed E-state index contributed by atoms with van der Waals surface area (Å²) >= 11 is 1.57. The number of carbonyl (C=O) groups is 4. The second-order valence-corrected chi connectivity index (χ2v) is 12.1. The van der Waals surface area contributed by atoms with Gasteiger partial charge in [0.15, 0.2) is 0 Å². The maximum absolute atomic E-state index is 13.9. The highest BCUT2D eigenvalue weighted by molar-refractivity contribution is 7.17. The summed E-state index contributed by atoms with van der Waals surface area (Å²) in [7, 11) is 1.56. The molecule has 3 atom stereocenters. The SMILES string of the molecule is CCCC[C@H](CC(=O)NO)C(=O)N[C@@H](Cc1csc2ccccc12)C(=O)N[C@@H](CC1CCCCC1)C(=O)NCCOC. The van der Waals surface area contributed by atoms with E-state index < -0.39 is 35.7 Å². The first kappa shape index (κ1) is 33.5. The van der Waals surface area contributed by atoms with Crippen molar-refractivity contribution in [2.24, 2.45) is 11.8 Å². The Morgan fingerprint density at radius 2 is 1.76 bits per heavy atom. The number of hydrogen-bond acceptors (Lipinski definition) is 7. The number of carbonyl (C=O) groups excluding carboxylic acids is 4. The first-order chi connectivity index (χ1) is 20.4. The summed E-state index contributed by atoms with van der Waals surface area (Å²) in [6, 6.07) is 6.19. The Hall–Kier alpha value is -3.02. The molecular weight excluding hydrogens is 556 g/mol. The molecule has 1 fully saturated rings. The van der Waals surface area contributed by atoms with Gasteiger partial charge in [-0.1, -0.05) is 70.1 Å². The summed E-state index contributed by atoms with van der Waals surface area (Å²) in [5.41, 5.74) is 2.53. The minimum atomic E-state index is -0.961. The van der Waals surface area contributed by atoms with Gasteiger partial charge in [0, 0.05) is 37.1 Å². The normalized spacial score (nSPS) is 15.9. The summed E-state index contributed by atoms with van der Waals surface area (Å²) in [6.45, 7) is 2.68. The Balaban J connectivity index is 1.84. The van der Waals surface area contributed by atoms with Crippen LogP contribution in [0.2, 0.25) is 0 Å². The second kappa shape index (κ2) is 17.8. The molecular formula is C31H46N4O6S. The summed E-state index contributed by atoms with van der Waals surface area (Å²) in [4.78, 5) is 52.5. The topological polar surface area (TPSA) is 146 Å². The van der Waals surface area contributed by atoms with Gasteiger partial charge in [-0.2, -0.15) is 0 Å². The van der Waals surface area contributed by atoms with Crippen molar-refractivity contribution >= 4 is 45.1 Å². The van der Waals surface area contributed by atoms with Crippen molar-refractivity contribution < 1.29 is 29.1 Å². The van der Waals surface area contributed by atoms with Crippen molar-refractivity contribution in [3.05, 3.63) is 35.2 Å². The van der Waals surface area contributed by atoms with Gasteiger partial charge >= 0.3 is 0 Å². The van der Waals surface area contributed by atoms with Crippen molar-refractivity contribution in [2.45, 2.75) is 89.6 Å². The molecule has 0 spiro atoms. The third-order valence-electron chi connectivity index (χ3n) is 7.98. The molecule has 4 amide bonds. The number of benzene rings is 1. The third-order valence-corrected chi connectivity index (χ3v) is 9.00. The van der Waals surface area contributed by atoms with Crippen molar-refractivity contribution in [2.75, 3.05) is 20.3 Å². The zero-order valence-electron chi connectivity index (χ0n) is 24.8. The number of methoxy groups -OCH3 is 1. The first-order valence-corrected chi connectivity index (χ1v) is 16.0. The van der Waals surface area contributed by atoms with Gasteiger partial charge in [0.05, 0.1) is 6.61 Å². The van der Waals surface area contributed by atoms with E-state index in [0.29, 0.717) is 38.3 Å². The van der Waals surface area contributed by atoms with Crippen LogP contribution in [0.3, 0.4) is 0 Å². The van der Waals surface area contributed by atoms with Crippen molar-refractivity contribution in [3.63, 3.8) is 0 Å². The molecule has 11 heteroatoms. The van der Waals surface area contributed by atoms with Crippen molar-refractivity contribution in [1.82, 2.24) is 21.4 Å². The Kier molecular flexibility index (Phi) is 14.2. The smallest absolute Gasteiger partial charge is 0.244 e. The first-order valence-electron chi connectivity index (χ1n) is 15.1. The van der Waals surface area contributed by atoms with E-state index in [4.69, 9.17) is 9.94 Å². The zero-order valence-corrected chi connectivity index (χ0v) is 25.6. The number of ether oxygens (including phenoxy) is 1. The molecule has 42 heavy (non-hydrogen) atoms. The Morgan fingerprint density at radius 3 is 2.48 bits per heavy atom. The number of hydroxylamine groups is 1. The highest BCUT2D eigenvalue weighted by Gasteiger charge is 2.32. The predicted octanol–water partition coefficient (Wildman–Crippen LogP) is 3.85. The largest absolute Gasteiger partial charge is 0.383 e. The van der Waals surface area contributed by atoms with Gasteiger partial charge in [-0.15, -0.1) is 11.3 Å². The summed E-state index contributed by atoms with van der Waals surface area (Å²) in [6.07, 6.45) is 8.01. The Morgan fingerprint density at radius 1 is 1.02 bits per heavy atom. The molecule has 5 N–H and O–H groups in total. The Bertz CT molecular complexity index is 1170. The lowest BCUT2D eigenvalue weighted by Gasteiger charge is -2.28. The van der Waals surface area contributed by atoms with E-state index in [2.05, 4.69) is 16.0 Å². The van der Waals surface area contributed by atoms with E-state index in [1.54, 1.807) is 23.9 Å². The number of fused-ring (bicyclic) bond motifs is 1. The van der Waals surface area contributed by atoms with Crippen LogP contribution >= 0.6 is 11.3 Å². The molecule has 1 aliphatic carbocycles. The maximum Gasteiger partial charge on any atom is 0.244 e. The molecule has 232 valence electrons. The van der Waals surface area contributed by atoms with Gasteiger partial charge in [-0.3, -0.25) is 24.4 Å². The maximum atomic E-state index is 13.9. The standard InChI is InChI=1S/C31H46N4O6S/c1-3-4-12-22(19-28(36)35-40)29(37)33-26(18-23-20-42-27-14-9-8-13-24(23)27)31(39)34-25(30(38)32-15-16-41-2)17-21-10-6-5-7-11-21/h8-9,13-14,20-22,25-26,40H,3-7,10-12,15-19H2,1-2H3,(H,32,38)(H,33,37)(H,34,39)(H,35,36)/t22-,25+,26+/m1/s1. The Labute approximate surface area is 252 Å². The highest BCUT2D eigenvalue weighted by Crippen LogP contribution is 2.29. The van der Waals surface area contributed by atoms with Gasteiger partial charge < -0.3 is 20.7 Å². The van der Waals surface area contributed by atoms with Gasteiger partial charge in [-0.25, -0.2) is 5.48 Å². The molecule has 0 bridgehead atoms. The molecule has 2 aromatic rings. The van der Waals surface area contributed by atoms with Gasteiger partial charge in [0.1, 0.15) is 12.1 Å². The van der Waals surface area contributed by atoms with E-state index in [1.165, 1.54) is 6.42 Å². The van der Waals surface area contributed by atoms with E-state index in [9.17, 15) is 19.2 Å². The van der Waals surface area contributed by atoms with E-state index in [0.717, 1.165) is 47.8 Å². The molecule has 1 aromatic carbocycles. The molecule has 0 aliphatic heterocycles. The quantitative estimate of drug-likeness (QED) is 0.106. The number of unbranched alkanes of at least 4 members (excludes halogenated alkanes) is 1. The average Bonchev–Trinajstić information content (AvgIpc) is 3.41. The van der Waals surface area contributed by atoms with Crippen LogP contribution in [-0.2, 0) is 30.3 Å². The molecule has 0 radical (unpaired) electrons. The monoisotopic (exact) mass is 602 g/mol. The fraction of sp³-hybridized carbons (Fsp3) is 0.613. The van der Waals surface area contributed by atoms with Crippen LogP contribution < -0.4 is 21.4 Å². The fourth-order valence-electron chi connectivity index (χ4n) is 5.61. The number of rotatable bonds is 17. The van der Waals surface area contributed by atoms with E-state index >= 15 is 0 Å². The summed E-state index contributed by atoms with van der Waals surface area (Å²) < 4.78 is 6.15. The van der Waals surface area contributed by atoms with Crippen LogP contribution in [-0.4, -0.2) is 61.2 Å². The molecule has 1 aromatic heterocycles. The minimum Gasteiger partial charge on any atom is -0.383 e. The van der Waals surface area contributed by atoms with Crippen LogP contribution in [0.15, 0.2) is 29.6 Å². The van der Waals surface area contributed by atoms with Crippen LogP contribution in [0.1, 0.15) is 76.7 Å². The number of hydrogen-bond donors (Lipinski definition) is 5. The summed E-state index contributed by atoms with van der Waals surface area (Å²) in [5, 5.41) is 20.8. The van der Waals surface area contributed by atoms with Gasteiger partial charge in [-0.05, 0) is 41.2 Å². The van der Waals surface area contributed by atoms with Crippen LogP contribution in [0.4, 0.5) is 0 Å². The lowest BCUT2D eigenvalue weighted by atomic mass is 9.84. The minimum absolute atomic E-state index is 0.190. The predicted molar refractivity (Wildman–Crippen MR) is 163 cm³/mol. The highest BCUT2D eigenvalue weighted by atomic mass is 32.1. The zero-order chi connectivity index (χ0) is 30.3. The summed E-state index contributed by atoms with van der Waals surface area (Å²) in [5.74, 6) is -2.17. The van der Waals surface area contributed by atoms with Crippen LogP contribution in [0.25, 0.3) is 10.1 Å². The van der Waals surface area contributed by atoms with Gasteiger partial charge in [0.2, 0.25) is 23.6 Å². The lowest BCUT2D eigenvalue weighted by molar-refractivity contribution is -0.137. The number of thiophene rings is 1. The third kappa shape index (κ3) is 10.4.